The second kappa shape index (κ2) is 8.00. The lowest BCUT2D eigenvalue weighted by atomic mass is 9.72. The molecule has 0 spiro atoms. The summed E-state index contributed by atoms with van der Waals surface area (Å²) in [5.74, 6) is -1.15. The molecule has 0 bridgehead atoms. The number of H-pyrrole nitrogens is 1. The Labute approximate surface area is 173 Å². The van der Waals surface area contributed by atoms with Gasteiger partial charge in [0, 0.05) is 18.9 Å². The zero-order chi connectivity index (χ0) is 21.4. The molecule has 0 radical (unpaired) electrons. The topological polar surface area (TPSA) is 151 Å². The molecule has 0 aliphatic carbocycles. The molecular weight excluding hydrogens is 391 g/mol. The molecule has 2 aliphatic rings. The van der Waals surface area contributed by atoms with Gasteiger partial charge in [0.1, 0.15) is 23.2 Å². The molecule has 0 saturated carbocycles. The summed E-state index contributed by atoms with van der Waals surface area (Å²) in [4.78, 5) is 32.8. The van der Waals surface area contributed by atoms with E-state index in [0.717, 1.165) is 5.56 Å². The smallest absolute Gasteiger partial charge is 0.523 e. The lowest BCUT2D eigenvalue weighted by molar-refractivity contribution is -0.141. The predicted molar refractivity (Wildman–Crippen MR) is 106 cm³/mol. The molecule has 11 heteroatoms. The second-order valence-electron chi connectivity index (χ2n) is 7.73. The van der Waals surface area contributed by atoms with Crippen molar-refractivity contribution in [2.24, 2.45) is 5.73 Å². The fraction of sp³-hybridized carbons (Fsp3) is 0.421. The van der Waals surface area contributed by atoms with Crippen LogP contribution in [0.4, 0.5) is 0 Å². The summed E-state index contributed by atoms with van der Waals surface area (Å²) in [5.41, 5.74) is 7.30. The predicted octanol–water partition coefficient (Wildman–Crippen LogP) is 0.244. The molecule has 1 saturated heterocycles. The Morgan fingerprint density at radius 1 is 1.47 bits per heavy atom. The first-order valence-electron chi connectivity index (χ1n) is 9.77. The van der Waals surface area contributed by atoms with Crippen LogP contribution in [-0.4, -0.2) is 69.2 Å². The van der Waals surface area contributed by atoms with Crippen LogP contribution in [0.2, 0.25) is 6.32 Å². The third-order valence-corrected chi connectivity index (χ3v) is 5.46. The number of carboxylic acid groups (broad SMARTS) is 1. The summed E-state index contributed by atoms with van der Waals surface area (Å²) in [6, 6.07) is 2.66. The standard InChI is InChI=1S/C19H23BN4O6/c1-10-5-20(28)30-17-13(10)2-3-15(16(17)19(26)27)29-12-7-24(8-12)18(25)14(21)4-11-6-22-9-23-11/h2-3,6,9-10,12,14,28H,4-5,7-8,21H2,1H3,(H,22,23)(H,26,27)/t10-,14+/m0/s1. The number of imidazole rings is 1. The van der Waals surface area contributed by atoms with Crippen molar-refractivity contribution in [3.8, 4) is 11.5 Å². The summed E-state index contributed by atoms with van der Waals surface area (Å²) < 4.78 is 11.3. The number of carbonyl (C=O) groups is 2. The number of ether oxygens (including phenoxy) is 1. The van der Waals surface area contributed by atoms with Crippen LogP contribution in [0, 0.1) is 0 Å². The molecule has 0 unspecified atom stereocenters. The van der Waals surface area contributed by atoms with Gasteiger partial charge in [0.2, 0.25) is 5.91 Å². The van der Waals surface area contributed by atoms with Crippen molar-refractivity contribution in [2.75, 3.05) is 13.1 Å². The first-order valence-corrected chi connectivity index (χ1v) is 9.77. The maximum absolute atomic E-state index is 12.5. The Bertz CT molecular complexity index is 947. The molecule has 1 aromatic heterocycles. The van der Waals surface area contributed by atoms with Gasteiger partial charge in [-0.25, -0.2) is 9.78 Å². The van der Waals surface area contributed by atoms with E-state index < -0.39 is 19.1 Å². The molecule has 1 aromatic carbocycles. The van der Waals surface area contributed by atoms with Gasteiger partial charge in [0.25, 0.3) is 0 Å². The number of hydrogen-bond acceptors (Lipinski definition) is 7. The van der Waals surface area contributed by atoms with Crippen LogP contribution in [0.3, 0.4) is 0 Å². The SMILES string of the molecule is C[C@H]1CB(O)Oc2c1ccc(OC1CN(C(=O)[C@H](N)Cc3c[nH]cn3)C1)c2C(=O)O. The van der Waals surface area contributed by atoms with Crippen molar-refractivity contribution in [2.45, 2.75) is 37.7 Å². The summed E-state index contributed by atoms with van der Waals surface area (Å²) in [7, 11) is -1.06. The molecular formula is C19H23BN4O6. The van der Waals surface area contributed by atoms with Crippen LogP contribution in [-0.2, 0) is 11.2 Å². The minimum atomic E-state index is -1.20. The number of nitrogens with zero attached hydrogens (tertiary/aromatic N) is 2. The van der Waals surface area contributed by atoms with E-state index in [1.165, 1.54) is 6.33 Å². The number of aromatic amines is 1. The van der Waals surface area contributed by atoms with Crippen LogP contribution in [0.5, 0.6) is 11.5 Å². The molecule has 1 amide bonds. The Kier molecular flexibility index (Phi) is 5.40. The monoisotopic (exact) mass is 414 g/mol. The molecule has 2 aliphatic heterocycles. The largest absolute Gasteiger partial charge is 0.535 e. The third kappa shape index (κ3) is 3.85. The van der Waals surface area contributed by atoms with Crippen LogP contribution in [0.15, 0.2) is 24.7 Å². The van der Waals surface area contributed by atoms with Crippen molar-refractivity contribution < 1.29 is 29.1 Å². The van der Waals surface area contributed by atoms with Gasteiger partial charge in [-0.15, -0.1) is 0 Å². The summed E-state index contributed by atoms with van der Waals surface area (Å²) >= 11 is 0. The fourth-order valence-corrected chi connectivity index (χ4v) is 3.83. The molecule has 1 fully saturated rings. The van der Waals surface area contributed by atoms with E-state index in [-0.39, 0.29) is 35.0 Å². The number of aromatic nitrogens is 2. The molecule has 10 nitrogen and oxygen atoms in total. The summed E-state index contributed by atoms with van der Waals surface area (Å²) in [5, 5.41) is 19.6. The molecule has 30 heavy (non-hydrogen) atoms. The number of nitrogens with one attached hydrogen (secondary N) is 1. The zero-order valence-electron chi connectivity index (χ0n) is 16.4. The lowest BCUT2D eigenvalue weighted by Gasteiger charge is -2.40. The lowest BCUT2D eigenvalue weighted by Crippen LogP contribution is -2.60. The van der Waals surface area contributed by atoms with E-state index in [1.807, 2.05) is 6.92 Å². The first kappa shape index (κ1) is 20.2. The van der Waals surface area contributed by atoms with Crippen LogP contribution in [0.1, 0.15) is 34.5 Å². The van der Waals surface area contributed by atoms with Gasteiger partial charge in [0.15, 0.2) is 0 Å². The average molecular weight is 414 g/mol. The number of benzene rings is 1. The van der Waals surface area contributed by atoms with E-state index in [1.54, 1.807) is 23.2 Å². The Hall–Kier alpha value is -3.05. The first-order chi connectivity index (χ1) is 14.3. The minimum Gasteiger partial charge on any atom is -0.535 e. The number of carboxylic acids is 1. The van der Waals surface area contributed by atoms with E-state index >= 15 is 0 Å². The third-order valence-electron chi connectivity index (χ3n) is 5.46. The Morgan fingerprint density at radius 3 is 2.90 bits per heavy atom. The normalized spacial score (nSPS) is 19.5. The van der Waals surface area contributed by atoms with Crippen molar-refractivity contribution in [3.63, 3.8) is 0 Å². The maximum atomic E-state index is 12.5. The van der Waals surface area contributed by atoms with E-state index in [2.05, 4.69) is 9.97 Å². The highest BCUT2D eigenvalue weighted by Gasteiger charge is 2.38. The van der Waals surface area contributed by atoms with Crippen LogP contribution >= 0.6 is 0 Å². The summed E-state index contributed by atoms with van der Waals surface area (Å²) in [6.45, 7) is 2.52. The minimum absolute atomic E-state index is 0.0382. The highest BCUT2D eigenvalue weighted by Crippen LogP contribution is 2.42. The molecule has 2 aromatic rings. The number of fused-ring (bicyclic) bond motifs is 1. The van der Waals surface area contributed by atoms with Gasteiger partial charge in [-0.05, 0) is 17.5 Å². The number of likely N-dealkylation sites (tertiary alicyclic amines) is 1. The van der Waals surface area contributed by atoms with Crippen molar-refractivity contribution >= 4 is 19.0 Å². The number of carbonyl (C=O) groups excluding carboxylic acids is 1. The van der Waals surface area contributed by atoms with Crippen molar-refractivity contribution in [1.82, 2.24) is 14.9 Å². The number of amides is 1. The van der Waals surface area contributed by atoms with Gasteiger partial charge in [-0.2, -0.15) is 0 Å². The van der Waals surface area contributed by atoms with Gasteiger partial charge in [0.05, 0.1) is 31.2 Å². The van der Waals surface area contributed by atoms with Crippen LogP contribution < -0.4 is 15.1 Å². The Morgan fingerprint density at radius 2 is 2.23 bits per heavy atom. The second-order valence-corrected chi connectivity index (χ2v) is 7.73. The number of hydrogen-bond donors (Lipinski definition) is 4. The Balaban J connectivity index is 1.42. The van der Waals surface area contributed by atoms with Crippen molar-refractivity contribution in [3.05, 3.63) is 41.5 Å². The number of rotatable bonds is 6. The number of nitrogens with two attached hydrogens (primary N) is 1. The van der Waals surface area contributed by atoms with Gasteiger partial charge < -0.3 is 35.1 Å². The maximum Gasteiger partial charge on any atom is 0.523 e. The van der Waals surface area contributed by atoms with E-state index in [9.17, 15) is 19.7 Å². The van der Waals surface area contributed by atoms with E-state index in [4.69, 9.17) is 15.1 Å². The molecule has 4 rings (SSSR count). The highest BCUT2D eigenvalue weighted by molar-refractivity contribution is 6.44. The molecule has 158 valence electrons. The van der Waals surface area contributed by atoms with Gasteiger partial charge in [-0.3, -0.25) is 4.79 Å². The van der Waals surface area contributed by atoms with Crippen LogP contribution in [0.25, 0.3) is 0 Å². The van der Waals surface area contributed by atoms with Crippen molar-refractivity contribution in [1.29, 1.82) is 0 Å². The highest BCUT2D eigenvalue weighted by atomic mass is 16.5. The summed E-state index contributed by atoms with van der Waals surface area (Å²) in [6.07, 6.45) is 3.59. The molecule has 2 atom stereocenters. The number of aromatic carboxylic acids is 1. The molecule has 3 heterocycles. The average Bonchev–Trinajstić information content (AvgIpc) is 3.15. The zero-order valence-corrected chi connectivity index (χ0v) is 16.4. The quantitative estimate of drug-likeness (QED) is 0.491. The fourth-order valence-electron chi connectivity index (χ4n) is 3.83. The molecule has 5 N–H and O–H groups in total. The van der Waals surface area contributed by atoms with E-state index in [0.29, 0.717) is 31.5 Å². The van der Waals surface area contributed by atoms with Gasteiger partial charge in [-0.1, -0.05) is 13.0 Å². The van der Waals surface area contributed by atoms with Gasteiger partial charge >= 0.3 is 13.1 Å².